The minimum atomic E-state index is -0.299. The van der Waals surface area contributed by atoms with Crippen molar-refractivity contribution < 1.29 is 9.53 Å². The number of nitrogens with one attached hydrogen (secondary N) is 1. The summed E-state index contributed by atoms with van der Waals surface area (Å²) >= 11 is 0. The van der Waals surface area contributed by atoms with Crippen molar-refractivity contribution in [1.82, 2.24) is 0 Å². The van der Waals surface area contributed by atoms with Crippen LogP contribution in [0.15, 0.2) is 24.3 Å². The molecule has 0 heterocycles. The van der Waals surface area contributed by atoms with Gasteiger partial charge in [0.15, 0.2) is 0 Å². The minimum absolute atomic E-state index is 0.299. The average molecular weight is 221 g/mol. The van der Waals surface area contributed by atoms with E-state index < -0.39 is 0 Å². The molecule has 0 radical (unpaired) electrons. The first kappa shape index (κ1) is 12.6. The van der Waals surface area contributed by atoms with Gasteiger partial charge in [0.05, 0.1) is 12.7 Å². The molecule has 1 aromatic rings. The van der Waals surface area contributed by atoms with Gasteiger partial charge in [0.2, 0.25) is 0 Å². The molecule has 1 rings (SSSR count). The van der Waals surface area contributed by atoms with E-state index >= 15 is 0 Å². The molecule has 0 fully saturated rings. The van der Waals surface area contributed by atoms with Crippen molar-refractivity contribution in [3.05, 3.63) is 29.8 Å². The molecule has 3 nitrogen and oxygen atoms in total. The molecule has 88 valence electrons. The summed E-state index contributed by atoms with van der Waals surface area (Å²) in [5.74, 6) is 0.379. The van der Waals surface area contributed by atoms with Crippen LogP contribution >= 0.6 is 0 Å². The number of carbonyl (C=O) groups excluding carboxylic acids is 1. The normalized spacial score (nSPS) is 10.2. The fourth-order valence-corrected chi connectivity index (χ4v) is 1.38. The third-order valence-electron chi connectivity index (χ3n) is 2.33. The number of ether oxygens (including phenoxy) is 1. The number of hydrogen-bond donors (Lipinski definition) is 1. The van der Waals surface area contributed by atoms with Gasteiger partial charge in [0.1, 0.15) is 0 Å². The van der Waals surface area contributed by atoms with Crippen LogP contribution in [0.1, 0.15) is 30.6 Å². The molecule has 0 saturated carbocycles. The zero-order chi connectivity index (χ0) is 12.0. The number of methoxy groups -OCH3 is 1. The fraction of sp³-hybridized carbons (Fsp3) is 0.462. The summed E-state index contributed by atoms with van der Waals surface area (Å²) in [5.41, 5.74) is 1.54. The third-order valence-corrected chi connectivity index (χ3v) is 2.33. The summed E-state index contributed by atoms with van der Waals surface area (Å²) in [6.07, 6.45) is 1.11. The maximum Gasteiger partial charge on any atom is 0.337 e. The predicted octanol–water partition coefficient (Wildman–Crippen LogP) is 2.93. The monoisotopic (exact) mass is 221 g/mol. The van der Waals surface area contributed by atoms with Crippen molar-refractivity contribution >= 4 is 11.7 Å². The second kappa shape index (κ2) is 6.16. The van der Waals surface area contributed by atoms with Crippen molar-refractivity contribution in [3.63, 3.8) is 0 Å². The van der Waals surface area contributed by atoms with Gasteiger partial charge in [-0.05, 0) is 30.5 Å². The second-order valence-electron chi connectivity index (χ2n) is 4.18. The van der Waals surface area contributed by atoms with E-state index in [1.807, 2.05) is 18.2 Å². The van der Waals surface area contributed by atoms with E-state index in [2.05, 4.69) is 23.9 Å². The van der Waals surface area contributed by atoms with E-state index in [0.717, 1.165) is 18.7 Å². The minimum Gasteiger partial charge on any atom is -0.465 e. The summed E-state index contributed by atoms with van der Waals surface area (Å²) in [4.78, 5) is 11.3. The number of benzene rings is 1. The van der Waals surface area contributed by atoms with E-state index in [1.54, 1.807) is 6.07 Å². The van der Waals surface area contributed by atoms with Crippen LogP contribution < -0.4 is 5.32 Å². The second-order valence-corrected chi connectivity index (χ2v) is 4.18. The van der Waals surface area contributed by atoms with Crippen LogP contribution in [0.25, 0.3) is 0 Å². The van der Waals surface area contributed by atoms with E-state index in [1.165, 1.54) is 7.11 Å². The lowest BCUT2D eigenvalue weighted by molar-refractivity contribution is 0.0601. The Bertz CT molecular complexity index is 348. The number of hydrogen-bond acceptors (Lipinski definition) is 3. The van der Waals surface area contributed by atoms with Gasteiger partial charge in [-0.15, -0.1) is 0 Å². The van der Waals surface area contributed by atoms with Gasteiger partial charge in [0, 0.05) is 12.2 Å². The average Bonchev–Trinajstić information content (AvgIpc) is 2.28. The van der Waals surface area contributed by atoms with Crippen LogP contribution in [0.5, 0.6) is 0 Å². The molecule has 0 unspecified atom stereocenters. The van der Waals surface area contributed by atoms with Crippen molar-refractivity contribution in [3.8, 4) is 0 Å². The summed E-state index contributed by atoms with van der Waals surface area (Å²) in [6, 6.07) is 7.36. The van der Waals surface area contributed by atoms with E-state index in [9.17, 15) is 4.79 Å². The molecule has 0 aromatic heterocycles. The van der Waals surface area contributed by atoms with Gasteiger partial charge in [-0.2, -0.15) is 0 Å². The smallest absolute Gasteiger partial charge is 0.337 e. The zero-order valence-corrected chi connectivity index (χ0v) is 10.1. The first-order valence-electron chi connectivity index (χ1n) is 5.55. The highest BCUT2D eigenvalue weighted by Gasteiger charge is 2.05. The van der Waals surface area contributed by atoms with Gasteiger partial charge in [-0.3, -0.25) is 0 Å². The topological polar surface area (TPSA) is 38.3 Å². The highest BCUT2D eigenvalue weighted by molar-refractivity contribution is 5.90. The molecule has 16 heavy (non-hydrogen) atoms. The van der Waals surface area contributed by atoms with Gasteiger partial charge in [-0.1, -0.05) is 19.9 Å². The Morgan fingerprint density at radius 2 is 2.19 bits per heavy atom. The molecule has 0 aliphatic carbocycles. The van der Waals surface area contributed by atoms with E-state index in [4.69, 9.17) is 0 Å². The largest absolute Gasteiger partial charge is 0.465 e. The van der Waals surface area contributed by atoms with Gasteiger partial charge < -0.3 is 10.1 Å². The molecule has 0 aliphatic heterocycles. The lowest BCUT2D eigenvalue weighted by Crippen LogP contribution is -2.06. The van der Waals surface area contributed by atoms with Crippen LogP contribution in [0.2, 0.25) is 0 Å². The summed E-state index contributed by atoms with van der Waals surface area (Å²) in [6.45, 7) is 5.29. The highest BCUT2D eigenvalue weighted by Crippen LogP contribution is 2.12. The van der Waals surface area contributed by atoms with Crippen molar-refractivity contribution in [1.29, 1.82) is 0 Å². The molecule has 0 bridgehead atoms. The molecule has 3 heteroatoms. The molecule has 0 spiro atoms. The van der Waals surface area contributed by atoms with Crippen molar-refractivity contribution in [2.75, 3.05) is 19.0 Å². The molecule has 0 atom stereocenters. The summed E-state index contributed by atoms with van der Waals surface area (Å²) in [5, 5.41) is 3.29. The van der Waals surface area contributed by atoms with Crippen LogP contribution in [-0.4, -0.2) is 19.6 Å². The van der Waals surface area contributed by atoms with Crippen LogP contribution in [0, 0.1) is 5.92 Å². The maximum absolute atomic E-state index is 11.3. The molecular formula is C13H19NO2. The Morgan fingerprint density at radius 1 is 1.44 bits per heavy atom. The Kier molecular flexibility index (Phi) is 4.83. The first-order valence-corrected chi connectivity index (χ1v) is 5.55. The summed E-state index contributed by atoms with van der Waals surface area (Å²) < 4.78 is 4.67. The number of esters is 1. The lowest BCUT2D eigenvalue weighted by atomic mass is 10.1. The Morgan fingerprint density at radius 3 is 2.81 bits per heavy atom. The van der Waals surface area contributed by atoms with Crippen LogP contribution in [-0.2, 0) is 4.74 Å². The molecule has 0 saturated heterocycles. The third kappa shape index (κ3) is 3.93. The molecular weight excluding hydrogens is 202 g/mol. The first-order chi connectivity index (χ1) is 7.63. The van der Waals surface area contributed by atoms with Crippen molar-refractivity contribution in [2.24, 2.45) is 5.92 Å². The Balaban J connectivity index is 2.57. The molecule has 1 N–H and O–H groups in total. The van der Waals surface area contributed by atoms with E-state index in [-0.39, 0.29) is 5.97 Å². The maximum atomic E-state index is 11.3. The van der Waals surface area contributed by atoms with Gasteiger partial charge in [-0.25, -0.2) is 4.79 Å². The molecule has 0 aliphatic rings. The Labute approximate surface area is 96.8 Å². The number of anilines is 1. The Hall–Kier alpha value is -1.51. The van der Waals surface area contributed by atoms with Gasteiger partial charge in [0.25, 0.3) is 0 Å². The molecule has 0 amide bonds. The fourth-order valence-electron chi connectivity index (χ4n) is 1.38. The number of carbonyl (C=O) groups is 1. The zero-order valence-electron chi connectivity index (χ0n) is 10.1. The summed E-state index contributed by atoms with van der Waals surface area (Å²) in [7, 11) is 1.39. The molecule has 1 aromatic carbocycles. The predicted molar refractivity (Wildman–Crippen MR) is 65.7 cm³/mol. The van der Waals surface area contributed by atoms with Crippen molar-refractivity contribution in [2.45, 2.75) is 20.3 Å². The number of rotatable bonds is 5. The van der Waals surface area contributed by atoms with Crippen LogP contribution in [0.3, 0.4) is 0 Å². The standard InChI is InChI=1S/C13H19NO2/c1-10(2)7-8-14-12-6-4-5-11(9-12)13(15)16-3/h4-6,9-10,14H,7-8H2,1-3H3. The quantitative estimate of drug-likeness (QED) is 0.777. The van der Waals surface area contributed by atoms with E-state index in [0.29, 0.717) is 11.5 Å². The lowest BCUT2D eigenvalue weighted by Gasteiger charge is -2.09. The van der Waals surface area contributed by atoms with Crippen LogP contribution in [0.4, 0.5) is 5.69 Å². The highest BCUT2D eigenvalue weighted by atomic mass is 16.5. The van der Waals surface area contributed by atoms with Gasteiger partial charge >= 0.3 is 5.97 Å². The SMILES string of the molecule is COC(=O)c1cccc(NCCC(C)C)c1.